The van der Waals surface area contributed by atoms with Gasteiger partial charge < -0.3 is 5.48 Å². The van der Waals surface area contributed by atoms with Crippen LogP contribution in [0.3, 0.4) is 0 Å². The minimum Gasteiger partial charge on any atom is -0.412 e. The van der Waals surface area contributed by atoms with Gasteiger partial charge in [-0.1, -0.05) is 6.92 Å². The lowest BCUT2D eigenvalue weighted by molar-refractivity contribution is 0.269. The van der Waals surface area contributed by atoms with Crippen LogP contribution >= 0.6 is 0 Å². The first-order valence-electron chi connectivity index (χ1n) is 2.18. The van der Waals surface area contributed by atoms with Crippen LogP contribution < -0.4 is 0 Å². The molecule has 0 heterocycles. The standard InChI is InChI=1S/C3H8O4S.Mg.H2O.2H/c1-2-3-7-8(4,5)6;;;;/h2-3H2,1H3,(H,4,5,6);;1H2;;. The zero-order valence-electron chi connectivity index (χ0n) is 4.99. The van der Waals surface area contributed by atoms with Crippen LogP contribution in [-0.2, 0) is 14.6 Å². The van der Waals surface area contributed by atoms with E-state index >= 15 is 0 Å². The molecule has 0 aromatic carbocycles. The molecule has 0 unspecified atom stereocenters. The summed E-state index contributed by atoms with van der Waals surface area (Å²) >= 11 is 0. The van der Waals surface area contributed by atoms with Crippen molar-refractivity contribution in [2.45, 2.75) is 13.3 Å². The average Bonchev–Trinajstić information content (AvgIpc) is 1.59. The van der Waals surface area contributed by atoms with E-state index in [2.05, 4.69) is 4.18 Å². The third kappa shape index (κ3) is 15.8. The third-order valence-electron chi connectivity index (χ3n) is 0.436. The first kappa shape index (κ1) is 16.9. The molecule has 3 N–H and O–H groups in total. The van der Waals surface area contributed by atoms with Gasteiger partial charge in [-0.05, 0) is 6.42 Å². The monoisotopic (exact) mass is 184 g/mol. The quantitative estimate of drug-likeness (QED) is 0.425. The summed E-state index contributed by atoms with van der Waals surface area (Å²) in [4.78, 5) is 0. The van der Waals surface area contributed by atoms with Gasteiger partial charge in [-0.25, -0.2) is 4.18 Å². The fraction of sp³-hybridized carbons (Fsp3) is 1.00. The molecule has 0 bridgehead atoms. The van der Waals surface area contributed by atoms with Crippen molar-refractivity contribution < 1.29 is 22.6 Å². The molecule has 0 aliphatic heterocycles. The first-order chi connectivity index (χ1) is 3.56. The fourth-order valence-electron chi connectivity index (χ4n) is 0.189. The predicted octanol–water partition coefficient (Wildman–Crippen LogP) is -1.53. The average molecular weight is 184 g/mol. The summed E-state index contributed by atoms with van der Waals surface area (Å²) in [5.74, 6) is 0. The van der Waals surface area contributed by atoms with Crippen LogP contribution in [0.4, 0.5) is 0 Å². The lowest BCUT2D eigenvalue weighted by Gasteiger charge is -1.92. The molecule has 0 spiro atoms. The molecule has 10 heavy (non-hydrogen) atoms. The Balaban J connectivity index is -0.000000245. The van der Waals surface area contributed by atoms with Gasteiger partial charge in [0.15, 0.2) is 0 Å². The molecule has 0 saturated carbocycles. The van der Waals surface area contributed by atoms with E-state index < -0.39 is 10.4 Å². The Labute approximate surface area is 76.2 Å². The molecule has 0 aliphatic rings. The molecule has 0 radical (unpaired) electrons. The molecular weight excluding hydrogens is 172 g/mol. The van der Waals surface area contributed by atoms with Crippen LogP contribution in [0.25, 0.3) is 0 Å². The zero-order valence-corrected chi connectivity index (χ0v) is 5.81. The Morgan fingerprint density at radius 1 is 1.50 bits per heavy atom. The molecule has 0 amide bonds. The molecule has 0 saturated heterocycles. The second-order valence-electron chi connectivity index (χ2n) is 1.25. The van der Waals surface area contributed by atoms with E-state index in [9.17, 15) is 8.42 Å². The van der Waals surface area contributed by atoms with Gasteiger partial charge in [-0.3, -0.25) is 4.55 Å². The minimum atomic E-state index is -4.19. The van der Waals surface area contributed by atoms with Crippen LogP contribution in [0.5, 0.6) is 0 Å². The second-order valence-corrected chi connectivity index (χ2v) is 2.34. The van der Waals surface area contributed by atoms with E-state index in [1.54, 1.807) is 6.92 Å². The first-order valence-corrected chi connectivity index (χ1v) is 3.54. The van der Waals surface area contributed by atoms with Crippen LogP contribution in [-0.4, -0.2) is 48.1 Å². The zero-order chi connectivity index (χ0) is 6.62. The SMILES string of the molecule is CCCOS(=O)(=O)O.O.[MgH2]. The normalized spacial score (nSPS) is 9.40. The lowest BCUT2D eigenvalue weighted by atomic mass is 10.5. The number of rotatable bonds is 3. The van der Waals surface area contributed by atoms with Crippen LogP contribution in [0.15, 0.2) is 0 Å². The summed E-state index contributed by atoms with van der Waals surface area (Å²) in [6.07, 6.45) is 0.569. The smallest absolute Gasteiger partial charge is 0.397 e. The van der Waals surface area contributed by atoms with Crippen molar-refractivity contribution >= 4 is 33.5 Å². The summed E-state index contributed by atoms with van der Waals surface area (Å²) in [5, 5.41) is 0. The molecule has 62 valence electrons. The number of hydrogen-bond acceptors (Lipinski definition) is 3. The van der Waals surface area contributed by atoms with Gasteiger partial charge in [0.25, 0.3) is 0 Å². The number of hydrogen-bond donors (Lipinski definition) is 1. The topological polar surface area (TPSA) is 95.1 Å². The summed E-state index contributed by atoms with van der Waals surface area (Å²) < 4.78 is 31.3. The van der Waals surface area contributed by atoms with E-state index in [0.29, 0.717) is 6.42 Å². The molecule has 0 aliphatic carbocycles. The predicted molar refractivity (Wildman–Crippen MR) is 39.9 cm³/mol. The van der Waals surface area contributed by atoms with E-state index in [-0.39, 0.29) is 35.1 Å². The summed E-state index contributed by atoms with van der Waals surface area (Å²) in [6, 6.07) is 0. The molecule has 7 heteroatoms. The Hall–Kier alpha value is 0.596. The summed E-state index contributed by atoms with van der Waals surface area (Å²) in [5.41, 5.74) is 0. The fourth-order valence-corrected chi connectivity index (χ4v) is 0.566. The van der Waals surface area contributed by atoms with Crippen molar-refractivity contribution in [1.82, 2.24) is 0 Å². The largest absolute Gasteiger partial charge is 0.412 e. The van der Waals surface area contributed by atoms with Gasteiger partial charge in [-0.2, -0.15) is 8.42 Å². The van der Waals surface area contributed by atoms with Crippen molar-refractivity contribution in [1.29, 1.82) is 0 Å². The Bertz CT molecular complexity index is 141. The second kappa shape index (κ2) is 7.70. The van der Waals surface area contributed by atoms with Crippen molar-refractivity contribution in [2.75, 3.05) is 6.61 Å². The molecule has 0 aromatic heterocycles. The van der Waals surface area contributed by atoms with E-state index in [1.165, 1.54) is 0 Å². The molecule has 0 rings (SSSR count). The molecular formula is C3H12MgO5S. The van der Waals surface area contributed by atoms with Crippen LogP contribution in [0.1, 0.15) is 13.3 Å². The van der Waals surface area contributed by atoms with Crippen LogP contribution in [0, 0.1) is 0 Å². The van der Waals surface area contributed by atoms with E-state index in [4.69, 9.17) is 4.55 Å². The highest BCUT2D eigenvalue weighted by atomic mass is 32.3. The Kier molecular flexibility index (Phi) is 13.0. The molecule has 0 atom stereocenters. The van der Waals surface area contributed by atoms with E-state index in [1.807, 2.05) is 0 Å². The maximum atomic E-state index is 9.72. The van der Waals surface area contributed by atoms with Crippen molar-refractivity contribution in [2.24, 2.45) is 0 Å². The minimum absolute atomic E-state index is 0. The van der Waals surface area contributed by atoms with Gasteiger partial charge in [0, 0.05) is 0 Å². The highest BCUT2D eigenvalue weighted by molar-refractivity contribution is 7.80. The molecule has 0 fully saturated rings. The van der Waals surface area contributed by atoms with Crippen molar-refractivity contribution in [3.63, 3.8) is 0 Å². The van der Waals surface area contributed by atoms with E-state index in [0.717, 1.165) is 0 Å². The van der Waals surface area contributed by atoms with Crippen molar-refractivity contribution in [3.05, 3.63) is 0 Å². The summed E-state index contributed by atoms with van der Waals surface area (Å²) in [6.45, 7) is 1.78. The van der Waals surface area contributed by atoms with Gasteiger partial charge in [0.05, 0.1) is 6.61 Å². The van der Waals surface area contributed by atoms with Gasteiger partial charge in [0.2, 0.25) is 0 Å². The highest BCUT2D eigenvalue weighted by Gasteiger charge is 1.99. The Morgan fingerprint density at radius 2 is 1.90 bits per heavy atom. The van der Waals surface area contributed by atoms with Crippen LogP contribution in [0.2, 0.25) is 0 Å². The Morgan fingerprint density at radius 3 is 2.00 bits per heavy atom. The highest BCUT2D eigenvalue weighted by Crippen LogP contribution is 1.86. The third-order valence-corrected chi connectivity index (χ3v) is 0.901. The summed E-state index contributed by atoms with van der Waals surface area (Å²) in [7, 11) is -4.19. The maximum absolute atomic E-state index is 9.72. The van der Waals surface area contributed by atoms with Gasteiger partial charge in [-0.15, -0.1) is 0 Å². The lowest BCUT2D eigenvalue weighted by Crippen LogP contribution is -2.03. The van der Waals surface area contributed by atoms with Gasteiger partial charge in [0.1, 0.15) is 0 Å². The van der Waals surface area contributed by atoms with Gasteiger partial charge >= 0.3 is 33.5 Å². The maximum Gasteiger partial charge on any atom is 0.397 e. The van der Waals surface area contributed by atoms with Crippen molar-refractivity contribution in [3.8, 4) is 0 Å². The molecule has 5 nitrogen and oxygen atoms in total. The molecule has 0 aromatic rings.